The number of nitrogens with zero attached hydrogens (tertiary/aromatic N) is 4. The SMILES string of the molecule is [2H]c1cc2oc3c(-c4ccc(C([2H])([2H])C([2H])([2H])c5cc(CC(C)(C)c6ccc(-c7[c-]cc(C(C)C)cc7)nc6)cc(CC(C)(C)c6ccc(-c7[c-]cc(C(C)C)cc7)nc6)c5)cn4)[c-]ccc3c2c([2H])c1C#N.[Ir+3]. The molecule has 6 heteroatoms. The molecule has 0 bridgehead atoms. The van der Waals surface area contributed by atoms with Gasteiger partial charge in [-0.1, -0.05) is 133 Å². The van der Waals surface area contributed by atoms with Crippen LogP contribution in [0, 0.1) is 29.5 Å². The van der Waals surface area contributed by atoms with Gasteiger partial charge in [0.2, 0.25) is 0 Å². The maximum absolute atomic E-state index is 9.69. The molecule has 0 N–H and O–H groups in total. The first-order valence-electron chi connectivity index (χ1n) is 25.9. The molecule has 9 rings (SSSR count). The van der Waals surface area contributed by atoms with Crippen LogP contribution in [0.5, 0.6) is 0 Å². The van der Waals surface area contributed by atoms with E-state index in [2.05, 4.69) is 121 Å². The quantitative estimate of drug-likeness (QED) is 0.101. The van der Waals surface area contributed by atoms with E-state index < -0.39 is 23.6 Å². The molecule has 0 saturated heterocycles. The van der Waals surface area contributed by atoms with Crippen molar-refractivity contribution in [3.63, 3.8) is 0 Å². The van der Waals surface area contributed by atoms with Crippen molar-refractivity contribution in [2.24, 2.45) is 0 Å². The van der Waals surface area contributed by atoms with Gasteiger partial charge in [0.25, 0.3) is 0 Å². The average molecular weight is 1070 g/mol. The van der Waals surface area contributed by atoms with E-state index >= 15 is 0 Å². The Morgan fingerprint density at radius 1 is 0.632 bits per heavy atom. The zero-order valence-electron chi connectivity index (χ0n) is 45.7. The molecule has 340 valence electrons. The number of hydrogen-bond donors (Lipinski definition) is 0. The van der Waals surface area contributed by atoms with Gasteiger partial charge >= 0.3 is 20.1 Å². The van der Waals surface area contributed by atoms with Gasteiger partial charge in [0, 0.05) is 29.5 Å². The standard InChI is InChI=1S/C62H57N4O.Ir/c1-40(2)47-16-20-49(21-17-47)56-27-24-51(38-65-56)61(5,6)34-45-30-43(31-46(32-45)35-62(7,8)52-25-28-57(66-39-52)50-22-18-48(19-23-50)41(3)4)13-12-42-14-26-58(64-37-42)54-11-9-10-53-55-33-44(36-63)15-29-59(55)67-60(53)54;/h9-10,14-20,22,24-33,37-41H,12-13,34-35H2,1-8H3;/q-3;+3/i12D2,13D2,15D,33D;. The van der Waals surface area contributed by atoms with Crippen molar-refractivity contribution < 1.29 is 32.7 Å². The summed E-state index contributed by atoms with van der Waals surface area (Å²) < 4.78 is 61.5. The summed E-state index contributed by atoms with van der Waals surface area (Å²) in [4.78, 5) is 14.4. The summed E-state index contributed by atoms with van der Waals surface area (Å²) in [5.74, 6) is 0.810. The van der Waals surface area contributed by atoms with Gasteiger partial charge in [-0.25, -0.2) is 0 Å². The molecule has 4 heterocycles. The van der Waals surface area contributed by atoms with E-state index in [1.54, 1.807) is 30.3 Å². The van der Waals surface area contributed by atoms with Gasteiger partial charge in [-0.3, -0.25) is 0 Å². The van der Waals surface area contributed by atoms with Crippen LogP contribution in [0.15, 0.2) is 144 Å². The van der Waals surface area contributed by atoms with E-state index in [9.17, 15) is 10.7 Å². The largest absolute Gasteiger partial charge is 3.00 e. The van der Waals surface area contributed by atoms with Crippen LogP contribution < -0.4 is 0 Å². The molecule has 4 aromatic heterocycles. The van der Waals surface area contributed by atoms with Crippen molar-refractivity contribution in [1.82, 2.24) is 15.0 Å². The Morgan fingerprint density at radius 3 is 1.66 bits per heavy atom. The van der Waals surface area contributed by atoms with Gasteiger partial charge in [-0.05, 0) is 105 Å². The van der Waals surface area contributed by atoms with Crippen LogP contribution in [0.4, 0.5) is 0 Å². The van der Waals surface area contributed by atoms with Gasteiger partial charge in [-0.15, -0.1) is 89.0 Å². The Labute approximate surface area is 424 Å². The maximum atomic E-state index is 9.69. The minimum atomic E-state index is -2.55. The summed E-state index contributed by atoms with van der Waals surface area (Å²) in [5, 5.41) is 10.6. The molecule has 5 aromatic carbocycles. The molecule has 0 fully saturated rings. The van der Waals surface area contributed by atoms with E-state index in [0.717, 1.165) is 44.8 Å². The first-order chi connectivity index (χ1) is 34.6. The first-order valence-corrected chi connectivity index (χ1v) is 22.9. The third-order valence-corrected chi connectivity index (χ3v) is 12.8. The number of pyridine rings is 3. The summed E-state index contributed by atoms with van der Waals surface area (Å²) >= 11 is 0. The summed E-state index contributed by atoms with van der Waals surface area (Å²) in [6.45, 7) is 17.2. The summed E-state index contributed by atoms with van der Waals surface area (Å²) in [6.07, 6.45) is 1.13. The molecule has 5 nitrogen and oxygen atoms in total. The van der Waals surface area contributed by atoms with Crippen LogP contribution in [0.1, 0.15) is 126 Å². The Bertz CT molecular complexity index is 3400. The number of nitriles is 1. The van der Waals surface area contributed by atoms with Gasteiger partial charge in [0.05, 0.1) is 20.0 Å². The summed E-state index contributed by atoms with van der Waals surface area (Å²) in [6, 6.07) is 46.0. The molecule has 0 atom stereocenters. The second kappa shape index (κ2) is 20.0. The zero-order valence-corrected chi connectivity index (χ0v) is 42.1. The zero-order chi connectivity index (χ0) is 52.2. The van der Waals surface area contributed by atoms with Crippen LogP contribution in [-0.2, 0) is 56.5 Å². The normalized spacial score (nSPS) is 13.6. The molecule has 0 unspecified atom stereocenters. The van der Waals surface area contributed by atoms with E-state index in [-0.39, 0.29) is 54.5 Å². The Kier molecular flexibility index (Phi) is 11.9. The van der Waals surface area contributed by atoms with Crippen LogP contribution >= 0.6 is 0 Å². The summed E-state index contributed by atoms with van der Waals surface area (Å²) in [7, 11) is 0. The predicted molar refractivity (Wildman–Crippen MR) is 273 cm³/mol. The van der Waals surface area contributed by atoms with Gasteiger partial charge in [-0.2, -0.15) is 5.26 Å². The number of aromatic nitrogens is 3. The van der Waals surface area contributed by atoms with Gasteiger partial charge < -0.3 is 19.4 Å². The second-order valence-corrected chi connectivity index (χ2v) is 19.4. The number of furan rings is 1. The van der Waals surface area contributed by atoms with E-state index in [1.807, 2.05) is 42.7 Å². The van der Waals surface area contributed by atoms with Crippen molar-refractivity contribution in [3.8, 4) is 39.8 Å². The monoisotopic (exact) mass is 1070 g/mol. The van der Waals surface area contributed by atoms with Crippen molar-refractivity contribution in [3.05, 3.63) is 208 Å². The number of fused-ring (bicyclic) bond motifs is 3. The molecule has 0 aliphatic rings. The first kappa shape index (κ1) is 40.5. The van der Waals surface area contributed by atoms with Crippen molar-refractivity contribution >= 4 is 21.9 Å². The molecule has 0 radical (unpaired) electrons. The molecular weight excluding hydrogens is 1010 g/mol. The van der Waals surface area contributed by atoms with Crippen molar-refractivity contribution in [2.75, 3.05) is 0 Å². The smallest absolute Gasteiger partial charge is 0.501 e. The van der Waals surface area contributed by atoms with Crippen LogP contribution in [0.2, 0.25) is 0 Å². The minimum absolute atomic E-state index is 0. The van der Waals surface area contributed by atoms with Crippen LogP contribution in [0.3, 0.4) is 0 Å². The maximum Gasteiger partial charge on any atom is 3.00 e. The number of rotatable bonds is 14. The fourth-order valence-electron chi connectivity index (χ4n) is 8.70. The second-order valence-electron chi connectivity index (χ2n) is 19.4. The number of aryl methyl sites for hydroxylation is 2. The minimum Gasteiger partial charge on any atom is -0.501 e. The fraction of sp³-hybridized carbons (Fsp3) is 0.258. The molecule has 9 aromatic rings. The third kappa shape index (κ3) is 10.5. The van der Waals surface area contributed by atoms with Crippen molar-refractivity contribution in [1.29, 1.82) is 5.26 Å². The Balaban J connectivity index is 0.00000729. The van der Waals surface area contributed by atoms with Gasteiger partial charge in [0.1, 0.15) is 5.58 Å². The molecule has 0 aliphatic heterocycles. The molecule has 68 heavy (non-hydrogen) atoms. The molecule has 0 saturated carbocycles. The topological polar surface area (TPSA) is 75.6 Å². The number of benzene rings is 5. The van der Waals surface area contributed by atoms with Crippen LogP contribution in [0.25, 0.3) is 55.7 Å². The van der Waals surface area contributed by atoms with E-state index in [1.165, 1.54) is 29.5 Å². The molecular formula is C62H57IrN4O. The Morgan fingerprint density at radius 2 is 1.18 bits per heavy atom. The van der Waals surface area contributed by atoms with Gasteiger partial charge in [0.15, 0.2) is 0 Å². The number of hydrogen-bond acceptors (Lipinski definition) is 5. The van der Waals surface area contributed by atoms with E-state index in [4.69, 9.17) is 17.1 Å². The predicted octanol–water partition coefficient (Wildman–Crippen LogP) is 15.1. The van der Waals surface area contributed by atoms with Crippen molar-refractivity contribution in [2.45, 2.75) is 104 Å². The van der Waals surface area contributed by atoms with Crippen LogP contribution in [-0.4, -0.2) is 15.0 Å². The molecule has 0 amide bonds. The Hall–Kier alpha value is -6.51. The van der Waals surface area contributed by atoms with E-state index in [0.29, 0.717) is 52.3 Å². The summed E-state index contributed by atoms with van der Waals surface area (Å²) in [5.41, 5.74) is 10.5. The average Bonchev–Trinajstić information content (AvgIpc) is 3.75. The molecule has 0 aliphatic carbocycles. The molecule has 0 spiro atoms. The fourth-order valence-corrected chi connectivity index (χ4v) is 8.70. The third-order valence-electron chi connectivity index (χ3n) is 12.8.